The Bertz CT molecular complexity index is 1400. The maximum Gasteiger partial charge on any atom is 0.261 e. The average Bonchev–Trinajstić information content (AvgIpc) is 2.86. The minimum absolute atomic E-state index is 0.0261. The van der Waals surface area contributed by atoms with Crippen molar-refractivity contribution < 1.29 is 4.79 Å². The Morgan fingerprint density at radius 2 is 1.76 bits per heavy atom. The molecule has 1 aliphatic heterocycles. The summed E-state index contributed by atoms with van der Waals surface area (Å²) in [5, 5.41) is 3.72. The lowest BCUT2D eigenvalue weighted by Crippen LogP contribution is -2.50. The molecule has 10 heteroatoms. The molecule has 172 valence electrons. The Morgan fingerprint density at radius 3 is 2.59 bits per heavy atom. The van der Waals surface area contributed by atoms with Crippen LogP contribution in [0.4, 0.5) is 17.5 Å². The van der Waals surface area contributed by atoms with E-state index >= 15 is 0 Å². The molecule has 3 aromatic heterocycles. The van der Waals surface area contributed by atoms with Crippen LogP contribution in [0.1, 0.15) is 5.56 Å². The maximum absolute atomic E-state index is 12.9. The van der Waals surface area contributed by atoms with Gasteiger partial charge in [0.1, 0.15) is 30.3 Å². The Hall–Kier alpha value is -4.34. The number of rotatable bonds is 5. The van der Waals surface area contributed by atoms with Gasteiger partial charge in [-0.2, -0.15) is 0 Å². The third kappa shape index (κ3) is 4.56. The van der Waals surface area contributed by atoms with Crippen LogP contribution in [-0.4, -0.2) is 61.5 Å². The van der Waals surface area contributed by atoms with Gasteiger partial charge in [-0.05, 0) is 36.8 Å². The lowest BCUT2D eigenvalue weighted by atomic mass is 10.2. The van der Waals surface area contributed by atoms with Crippen molar-refractivity contribution in [3.05, 3.63) is 77.2 Å². The van der Waals surface area contributed by atoms with Crippen LogP contribution in [0.15, 0.2) is 66.1 Å². The summed E-state index contributed by atoms with van der Waals surface area (Å²) in [6.07, 6.45) is 4.71. The fourth-order valence-corrected chi connectivity index (χ4v) is 3.97. The van der Waals surface area contributed by atoms with Gasteiger partial charge in [-0.15, -0.1) is 0 Å². The largest absolute Gasteiger partial charge is 0.353 e. The average molecular weight is 457 g/mol. The standard InChI is InChI=1S/C24H24N8O2/c1-17-6-7-25-20(12-17)29-21-13-22(27-15-26-21)30-8-10-31(11-9-30)23(33)14-32-16-28-19-5-3-2-4-18(19)24(32)34/h2-7,12-13,15-16H,8-11,14H2,1H3,(H,25,26,27,29). The molecular weight excluding hydrogens is 432 g/mol. The predicted octanol–water partition coefficient (Wildman–Crippen LogP) is 1.98. The van der Waals surface area contributed by atoms with Gasteiger partial charge in [0.15, 0.2) is 0 Å². The van der Waals surface area contributed by atoms with Gasteiger partial charge in [0.05, 0.1) is 17.2 Å². The lowest BCUT2D eigenvalue weighted by Gasteiger charge is -2.35. The molecule has 4 heterocycles. The predicted molar refractivity (Wildman–Crippen MR) is 129 cm³/mol. The zero-order valence-corrected chi connectivity index (χ0v) is 18.8. The van der Waals surface area contributed by atoms with Crippen molar-refractivity contribution in [3.8, 4) is 0 Å². The first kappa shape index (κ1) is 21.5. The highest BCUT2D eigenvalue weighted by Crippen LogP contribution is 2.19. The number of aryl methyl sites for hydroxylation is 1. The summed E-state index contributed by atoms with van der Waals surface area (Å²) in [5.41, 5.74) is 1.53. The van der Waals surface area contributed by atoms with Crippen molar-refractivity contribution in [2.24, 2.45) is 0 Å². The Kier molecular flexibility index (Phi) is 5.86. The third-order valence-electron chi connectivity index (χ3n) is 5.82. The van der Waals surface area contributed by atoms with Crippen LogP contribution in [0.25, 0.3) is 10.9 Å². The van der Waals surface area contributed by atoms with Crippen molar-refractivity contribution in [3.63, 3.8) is 0 Å². The number of amides is 1. The molecule has 1 aliphatic rings. The summed E-state index contributed by atoms with van der Waals surface area (Å²) in [6, 6.07) is 12.9. The number of hydrogen-bond donors (Lipinski definition) is 1. The summed E-state index contributed by atoms with van der Waals surface area (Å²) < 4.78 is 1.37. The summed E-state index contributed by atoms with van der Waals surface area (Å²) in [7, 11) is 0. The number of hydrogen-bond acceptors (Lipinski definition) is 8. The van der Waals surface area contributed by atoms with Gasteiger partial charge in [0.25, 0.3) is 5.56 Å². The molecular formula is C24H24N8O2. The van der Waals surface area contributed by atoms with Crippen LogP contribution in [0.3, 0.4) is 0 Å². The minimum Gasteiger partial charge on any atom is -0.353 e. The van der Waals surface area contributed by atoms with E-state index < -0.39 is 0 Å². The molecule has 0 bridgehead atoms. The summed E-state index contributed by atoms with van der Waals surface area (Å²) in [5.74, 6) is 2.06. The van der Waals surface area contributed by atoms with Crippen molar-refractivity contribution in [1.29, 1.82) is 0 Å². The zero-order valence-electron chi connectivity index (χ0n) is 18.8. The molecule has 4 aromatic rings. The monoisotopic (exact) mass is 456 g/mol. The van der Waals surface area contributed by atoms with Gasteiger partial charge in [-0.1, -0.05) is 12.1 Å². The second kappa shape index (κ2) is 9.26. The molecule has 1 saturated heterocycles. The number of nitrogens with one attached hydrogen (secondary N) is 1. The van der Waals surface area contributed by atoms with Crippen molar-refractivity contribution in [2.45, 2.75) is 13.5 Å². The number of carbonyl (C=O) groups is 1. The first-order chi connectivity index (χ1) is 16.6. The van der Waals surface area contributed by atoms with Gasteiger partial charge in [-0.3, -0.25) is 14.2 Å². The molecule has 0 radical (unpaired) electrons. The van der Waals surface area contributed by atoms with E-state index in [-0.39, 0.29) is 18.0 Å². The third-order valence-corrected chi connectivity index (χ3v) is 5.82. The van der Waals surface area contributed by atoms with Crippen LogP contribution >= 0.6 is 0 Å². The lowest BCUT2D eigenvalue weighted by molar-refractivity contribution is -0.132. The first-order valence-electron chi connectivity index (χ1n) is 11.1. The Balaban J connectivity index is 1.21. The maximum atomic E-state index is 12.9. The normalized spacial score (nSPS) is 13.8. The van der Waals surface area contributed by atoms with Gasteiger partial charge < -0.3 is 15.1 Å². The van der Waals surface area contributed by atoms with E-state index in [1.54, 1.807) is 29.3 Å². The zero-order chi connectivity index (χ0) is 23.5. The van der Waals surface area contributed by atoms with E-state index in [4.69, 9.17) is 0 Å². The molecule has 0 spiro atoms. The van der Waals surface area contributed by atoms with Gasteiger partial charge in [0, 0.05) is 38.4 Å². The highest BCUT2D eigenvalue weighted by Gasteiger charge is 2.23. The van der Waals surface area contributed by atoms with E-state index in [9.17, 15) is 9.59 Å². The molecule has 1 aromatic carbocycles. The molecule has 0 unspecified atom stereocenters. The van der Waals surface area contributed by atoms with Gasteiger partial charge in [-0.25, -0.2) is 19.9 Å². The number of piperazine rings is 1. The van der Waals surface area contributed by atoms with Crippen molar-refractivity contribution >= 4 is 34.3 Å². The number of fused-ring (bicyclic) bond motifs is 1. The number of carbonyl (C=O) groups excluding carboxylic acids is 1. The first-order valence-corrected chi connectivity index (χ1v) is 11.1. The summed E-state index contributed by atoms with van der Waals surface area (Å²) in [6.45, 7) is 4.33. The SMILES string of the molecule is Cc1ccnc(Nc2cc(N3CCN(C(=O)Cn4cnc5ccccc5c4=O)CC3)ncn2)c1. The Morgan fingerprint density at radius 1 is 0.971 bits per heavy atom. The number of pyridine rings is 1. The number of para-hydroxylation sites is 1. The molecule has 1 amide bonds. The van der Waals surface area contributed by atoms with E-state index in [0.29, 0.717) is 42.9 Å². The molecule has 0 atom stereocenters. The summed E-state index contributed by atoms with van der Waals surface area (Å²) >= 11 is 0. The van der Waals surface area contributed by atoms with Crippen LogP contribution in [0, 0.1) is 6.92 Å². The second-order valence-corrected chi connectivity index (χ2v) is 8.17. The molecule has 1 N–H and O–H groups in total. The quantitative estimate of drug-likeness (QED) is 0.486. The molecule has 0 aliphatic carbocycles. The van der Waals surface area contributed by atoms with Gasteiger partial charge in [0.2, 0.25) is 5.91 Å². The molecule has 1 fully saturated rings. The fraction of sp³-hybridized carbons (Fsp3) is 0.250. The number of nitrogens with zero attached hydrogens (tertiary/aromatic N) is 7. The summed E-state index contributed by atoms with van der Waals surface area (Å²) in [4.78, 5) is 46.7. The van der Waals surface area contributed by atoms with Crippen LogP contribution in [0.2, 0.25) is 0 Å². The fourth-order valence-electron chi connectivity index (χ4n) is 3.97. The minimum atomic E-state index is -0.207. The van der Waals surface area contributed by atoms with Crippen LogP contribution < -0.4 is 15.8 Å². The van der Waals surface area contributed by atoms with Crippen LogP contribution in [-0.2, 0) is 11.3 Å². The molecule has 34 heavy (non-hydrogen) atoms. The van der Waals surface area contributed by atoms with E-state index in [1.807, 2.05) is 31.2 Å². The highest BCUT2D eigenvalue weighted by molar-refractivity contribution is 5.79. The molecule has 0 saturated carbocycles. The van der Waals surface area contributed by atoms with Crippen molar-refractivity contribution in [2.75, 3.05) is 36.4 Å². The van der Waals surface area contributed by atoms with E-state index in [0.717, 1.165) is 17.2 Å². The topological polar surface area (TPSA) is 109 Å². The molecule has 10 nitrogen and oxygen atoms in total. The molecule has 5 rings (SSSR count). The van der Waals surface area contributed by atoms with Gasteiger partial charge >= 0.3 is 0 Å². The number of benzene rings is 1. The highest BCUT2D eigenvalue weighted by atomic mass is 16.2. The number of anilines is 3. The van der Waals surface area contributed by atoms with Crippen LogP contribution in [0.5, 0.6) is 0 Å². The Labute approximate surface area is 195 Å². The van der Waals surface area contributed by atoms with Crippen molar-refractivity contribution in [1.82, 2.24) is 29.4 Å². The van der Waals surface area contributed by atoms with E-state index in [2.05, 4.69) is 30.2 Å². The number of aromatic nitrogens is 5. The van der Waals surface area contributed by atoms with E-state index in [1.165, 1.54) is 17.2 Å². The smallest absolute Gasteiger partial charge is 0.261 e. The second-order valence-electron chi connectivity index (χ2n) is 8.17.